The molecule has 0 bridgehead atoms. The molecule has 0 saturated carbocycles. The molecule has 14 heavy (non-hydrogen) atoms. The molecule has 0 radical (unpaired) electrons. The molecule has 0 amide bonds. The summed E-state index contributed by atoms with van der Waals surface area (Å²) in [6, 6.07) is 4.64. The summed E-state index contributed by atoms with van der Waals surface area (Å²) in [6.07, 6.45) is 0. The van der Waals surface area contributed by atoms with E-state index in [2.05, 4.69) is 43.5 Å². The molecular weight excluding hydrogens is 383 g/mol. The largest absolute Gasteiger partial charge is 0.235 e. The molecular formula is C9H3BrClFIN. The molecule has 2 rings (SSSR count). The number of hydrogen-bond donors (Lipinski definition) is 0. The lowest BCUT2D eigenvalue weighted by Gasteiger charge is -2.02. The fourth-order valence-electron chi connectivity index (χ4n) is 1.15. The van der Waals surface area contributed by atoms with Crippen molar-refractivity contribution in [1.82, 2.24) is 4.98 Å². The van der Waals surface area contributed by atoms with Gasteiger partial charge in [0.05, 0.1) is 9.09 Å². The van der Waals surface area contributed by atoms with Gasteiger partial charge in [-0.05, 0) is 50.7 Å². The van der Waals surface area contributed by atoms with Crippen molar-refractivity contribution < 1.29 is 4.39 Å². The monoisotopic (exact) mass is 385 g/mol. The molecule has 1 aromatic carbocycles. The molecule has 2 aromatic rings. The Hall–Kier alpha value is 0.0600. The van der Waals surface area contributed by atoms with Crippen molar-refractivity contribution in [3.63, 3.8) is 0 Å². The van der Waals surface area contributed by atoms with Crippen molar-refractivity contribution in [3.05, 3.63) is 37.2 Å². The molecule has 0 spiro atoms. The Labute approximate surface area is 107 Å². The number of halogens is 4. The van der Waals surface area contributed by atoms with Crippen LogP contribution < -0.4 is 0 Å². The summed E-state index contributed by atoms with van der Waals surface area (Å²) in [6.45, 7) is 0. The van der Waals surface area contributed by atoms with Crippen LogP contribution in [0.4, 0.5) is 4.39 Å². The number of benzene rings is 1. The molecule has 0 saturated heterocycles. The zero-order chi connectivity index (χ0) is 10.3. The first-order valence-corrected chi connectivity index (χ1v) is 5.93. The van der Waals surface area contributed by atoms with Crippen molar-refractivity contribution in [3.8, 4) is 0 Å². The lowest BCUT2D eigenvalue weighted by atomic mass is 10.2. The van der Waals surface area contributed by atoms with E-state index in [9.17, 15) is 4.39 Å². The fraction of sp³-hybridized carbons (Fsp3) is 0. The Morgan fingerprint density at radius 1 is 1.36 bits per heavy atom. The van der Waals surface area contributed by atoms with Crippen LogP contribution in [-0.4, -0.2) is 4.98 Å². The summed E-state index contributed by atoms with van der Waals surface area (Å²) in [7, 11) is 0. The minimum atomic E-state index is -0.325. The average molecular weight is 386 g/mol. The summed E-state index contributed by atoms with van der Waals surface area (Å²) in [5, 5.41) is 1.26. The maximum Gasteiger partial charge on any atom is 0.143 e. The summed E-state index contributed by atoms with van der Waals surface area (Å²) in [5.41, 5.74) is 0.558. The second kappa shape index (κ2) is 3.90. The number of nitrogens with zero attached hydrogens (tertiary/aromatic N) is 1. The van der Waals surface area contributed by atoms with E-state index in [1.165, 1.54) is 12.1 Å². The van der Waals surface area contributed by atoms with Gasteiger partial charge in [0.2, 0.25) is 0 Å². The van der Waals surface area contributed by atoms with E-state index in [4.69, 9.17) is 11.6 Å². The Balaban J connectivity index is 2.89. The third-order valence-electron chi connectivity index (χ3n) is 1.76. The quantitative estimate of drug-likeness (QED) is 0.483. The second-order valence-corrected chi connectivity index (χ2v) is 5.09. The first-order chi connectivity index (χ1) is 6.58. The number of aromatic nitrogens is 1. The van der Waals surface area contributed by atoms with Gasteiger partial charge in [0.15, 0.2) is 0 Å². The molecule has 1 aromatic heterocycles. The number of pyridine rings is 1. The maximum absolute atomic E-state index is 13.0. The molecule has 1 nitrogen and oxygen atoms in total. The number of rotatable bonds is 0. The summed E-state index contributed by atoms with van der Waals surface area (Å²) < 4.78 is 14.6. The second-order valence-electron chi connectivity index (χ2n) is 2.72. The zero-order valence-corrected chi connectivity index (χ0v) is 11.2. The number of hydrogen-bond acceptors (Lipinski definition) is 1. The van der Waals surface area contributed by atoms with Crippen LogP contribution in [0, 0.1) is 9.39 Å². The molecule has 0 unspecified atom stereocenters. The van der Waals surface area contributed by atoms with E-state index in [0.717, 1.165) is 8.96 Å². The molecule has 1 heterocycles. The van der Waals surface area contributed by atoms with Crippen molar-refractivity contribution in [2.24, 2.45) is 0 Å². The van der Waals surface area contributed by atoms with Gasteiger partial charge in [-0.3, -0.25) is 0 Å². The topological polar surface area (TPSA) is 12.9 Å². The molecule has 0 atom stereocenters. The van der Waals surface area contributed by atoms with Gasteiger partial charge < -0.3 is 0 Å². The van der Waals surface area contributed by atoms with Gasteiger partial charge in [-0.2, -0.15) is 0 Å². The Morgan fingerprint density at radius 2 is 2.07 bits per heavy atom. The zero-order valence-electron chi connectivity index (χ0n) is 6.69. The molecule has 0 aliphatic carbocycles. The van der Waals surface area contributed by atoms with E-state index in [0.29, 0.717) is 15.1 Å². The first kappa shape index (κ1) is 10.6. The van der Waals surface area contributed by atoms with Crippen molar-refractivity contribution in [1.29, 1.82) is 0 Å². The number of fused-ring (bicyclic) bond motifs is 1. The molecule has 5 heteroatoms. The van der Waals surface area contributed by atoms with E-state index >= 15 is 0 Å². The highest BCUT2D eigenvalue weighted by Crippen LogP contribution is 2.28. The highest BCUT2D eigenvalue weighted by Gasteiger charge is 2.06. The van der Waals surface area contributed by atoms with Crippen LogP contribution in [0.5, 0.6) is 0 Å². The summed E-state index contributed by atoms with van der Waals surface area (Å²) >= 11 is 11.2. The standard InChI is InChI=1S/C9H3BrClFIN/c10-6-1-4(12)2-8-5(6)3-7(13)9(11)14-8/h1-3H. The first-order valence-electron chi connectivity index (χ1n) is 3.69. The Morgan fingerprint density at radius 3 is 2.79 bits per heavy atom. The van der Waals surface area contributed by atoms with Gasteiger partial charge in [0.25, 0.3) is 0 Å². The normalized spacial score (nSPS) is 10.9. The third-order valence-corrected chi connectivity index (χ3v) is 3.84. The molecule has 0 fully saturated rings. The van der Waals surface area contributed by atoms with E-state index in [1.807, 2.05) is 6.07 Å². The fourth-order valence-corrected chi connectivity index (χ4v) is 2.27. The van der Waals surface area contributed by atoms with Gasteiger partial charge in [-0.1, -0.05) is 11.6 Å². The van der Waals surface area contributed by atoms with Crippen molar-refractivity contribution >= 4 is 61.0 Å². The van der Waals surface area contributed by atoms with E-state index in [-0.39, 0.29) is 5.82 Å². The Bertz CT molecular complexity index is 518. The van der Waals surface area contributed by atoms with Crippen LogP contribution in [0.2, 0.25) is 5.15 Å². The highest BCUT2D eigenvalue weighted by molar-refractivity contribution is 14.1. The van der Waals surface area contributed by atoms with Crippen LogP contribution in [0.15, 0.2) is 22.7 Å². The molecule has 0 aliphatic heterocycles. The van der Waals surface area contributed by atoms with Gasteiger partial charge in [0, 0.05) is 15.9 Å². The van der Waals surface area contributed by atoms with Crippen LogP contribution in [-0.2, 0) is 0 Å². The van der Waals surface area contributed by atoms with Gasteiger partial charge in [0.1, 0.15) is 11.0 Å². The minimum absolute atomic E-state index is 0.325. The SMILES string of the molecule is Fc1cc(Br)c2cc(I)c(Cl)nc2c1. The predicted octanol–water partition coefficient (Wildman–Crippen LogP) is 4.39. The maximum atomic E-state index is 13.0. The van der Waals surface area contributed by atoms with Crippen LogP contribution in [0.1, 0.15) is 0 Å². The average Bonchev–Trinajstić information content (AvgIpc) is 2.08. The van der Waals surface area contributed by atoms with Crippen molar-refractivity contribution in [2.75, 3.05) is 0 Å². The van der Waals surface area contributed by atoms with Crippen LogP contribution in [0.3, 0.4) is 0 Å². The molecule has 0 N–H and O–H groups in total. The van der Waals surface area contributed by atoms with E-state index < -0.39 is 0 Å². The molecule has 72 valence electrons. The smallest absolute Gasteiger partial charge is 0.143 e. The van der Waals surface area contributed by atoms with Crippen LogP contribution >= 0.6 is 50.1 Å². The summed E-state index contributed by atoms with van der Waals surface area (Å²) in [4.78, 5) is 4.08. The summed E-state index contributed by atoms with van der Waals surface area (Å²) in [5.74, 6) is -0.325. The van der Waals surface area contributed by atoms with Crippen LogP contribution in [0.25, 0.3) is 10.9 Å². The lowest BCUT2D eigenvalue weighted by Crippen LogP contribution is -1.86. The molecule has 0 aliphatic rings. The highest BCUT2D eigenvalue weighted by atomic mass is 127. The lowest BCUT2D eigenvalue weighted by molar-refractivity contribution is 0.628. The Kier molecular flexibility index (Phi) is 2.95. The van der Waals surface area contributed by atoms with Gasteiger partial charge in [-0.25, -0.2) is 9.37 Å². The minimum Gasteiger partial charge on any atom is -0.235 e. The van der Waals surface area contributed by atoms with E-state index in [1.54, 1.807) is 0 Å². The third kappa shape index (κ3) is 1.87. The predicted molar refractivity (Wildman–Crippen MR) is 67.1 cm³/mol. The van der Waals surface area contributed by atoms with Gasteiger partial charge in [-0.15, -0.1) is 0 Å². The van der Waals surface area contributed by atoms with Gasteiger partial charge >= 0.3 is 0 Å². The van der Waals surface area contributed by atoms with Crippen molar-refractivity contribution in [2.45, 2.75) is 0 Å².